The molecule has 0 N–H and O–H groups in total. The Morgan fingerprint density at radius 1 is 0.415 bits per heavy atom. The van der Waals surface area contributed by atoms with Gasteiger partial charge in [0.1, 0.15) is 11.2 Å². The summed E-state index contributed by atoms with van der Waals surface area (Å²) in [5.41, 5.74) is 12.2. The molecule has 1 aliphatic carbocycles. The molecule has 0 bridgehead atoms. The Morgan fingerprint density at radius 2 is 1.02 bits per heavy atom. The van der Waals surface area contributed by atoms with E-state index in [4.69, 9.17) is 4.42 Å². The van der Waals surface area contributed by atoms with E-state index in [1.807, 2.05) is 17.4 Å². The Bertz CT molecular complexity index is 3320. The molecular formula is C51H32OS. The number of thiophene rings is 1. The topological polar surface area (TPSA) is 13.1 Å². The third kappa shape index (κ3) is 3.96. The third-order valence-electron chi connectivity index (χ3n) is 12.0. The molecule has 0 fully saturated rings. The van der Waals surface area contributed by atoms with Gasteiger partial charge < -0.3 is 4.42 Å². The van der Waals surface area contributed by atoms with Gasteiger partial charge >= 0.3 is 0 Å². The summed E-state index contributed by atoms with van der Waals surface area (Å²) in [6.45, 7) is 4.76. The number of hydrogen-bond donors (Lipinski definition) is 0. The summed E-state index contributed by atoms with van der Waals surface area (Å²) in [4.78, 5) is 0. The van der Waals surface area contributed by atoms with Crippen LogP contribution in [-0.4, -0.2) is 0 Å². The second-order valence-corrected chi connectivity index (χ2v) is 16.3. The average Bonchev–Trinajstić information content (AvgIpc) is 3.82. The molecule has 0 radical (unpaired) electrons. The lowest BCUT2D eigenvalue weighted by Crippen LogP contribution is -2.15. The van der Waals surface area contributed by atoms with Crippen LogP contribution in [0.3, 0.4) is 0 Å². The van der Waals surface area contributed by atoms with Crippen molar-refractivity contribution in [1.29, 1.82) is 0 Å². The molecule has 0 amide bonds. The van der Waals surface area contributed by atoms with E-state index in [0.717, 1.165) is 11.2 Å². The molecule has 9 aromatic carbocycles. The maximum absolute atomic E-state index is 6.40. The van der Waals surface area contributed by atoms with Crippen LogP contribution in [-0.2, 0) is 5.41 Å². The van der Waals surface area contributed by atoms with E-state index < -0.39 is 0 Å². The monoisotopic (exact) mass is 692 g/mol. The summed E-state index contributed by atoms with van der Waals surface area (Å²) in [5, 5.41) is 12.7. The van der Waals surface area contributed by atoms with E-state index >= 15 is 0 Å². The number of fused-ring (bicyclic) bond motifs is 13. The van der Waals surface area contributed by atoms with Crippen molar-refractivity contribution in [3.8, 4) is 33.4 Å². The average molecular weight is 693 g/mol. The number of hydrogen-bond acceptors (Lipinski definition) is 2. The highest BCUT2D eigenvalue weighted by atomic mass is 32.1. The highest BCUT2D eigenvalue weighted by Gasteiger charge is 2.37. The summed E-state index contributed by atoms with van der Waals surface area (Å²) < 4.78 is 9.06. The first-order valence-electron chi connectivity index (χ1n) is 18.4. The van der Waals surface area contributed by atoms with Gasteiger partial charge in [0, 0.05) is 36.4 Å². The summed E-state index contributed by atoms with van der Waals surface area (Å²) in [6, 6.07) is 58.7. The first-order valence-corrected chi connectivity index (χ1v) is 19.2. The van der Waals surface area contributed by atoms with Crippen molar-refractivity contribution in [1.82, 2.24) is 0 Å². The first kappa shape index (κ1) is 29.4. The van der Waals surface area contributed by atoms with Crippen molar-refractivity contribution in [2.45, 2.75) is 19.3 Å². The fourth-order valence-corrected chi connectivity index (χ4v) is 10.8. The zero-order valence-corrected chi connectivity index (χ0v) is 30.1. The molecule has 2 aromatic heterocycles. The van der Waals surface area contributed by atoms with Gasteiger partial charge in [0.25, 0.3) is 0 Å². The van der Waals surface area contributed by atoms with Crippen LogP contribution < -0.4 is 0 Å². The third-order valence-corrected chi connectivity index (χ3v) is 13.1. The van der Waals surface area contributed by atoms with Crippen LogP contribution in [0.1, 0.15) is 25.0 Å². The molecule has 1 nitrogen and oxygen atoms in total. The zero-order chi connectivity index (χ0) is 35.0. The Kier molecular flexibility index (Phi) is 5.78. The number of rotatable bonds is 2. The Hall–Kier alpha value is -6.22. The van der Waals surface area contributed by atoms with E-state index in [2.05, 4.69) is 166 Å². The fraction of sp³-hybridized carbons (Fsp3) is 0.0588. The van der Waals surface area contributed by atoms with Crippen LogP contribution in [0.4, 0.5) is 0 Å². The standard InChI is InChI=1S/C51H32OS/c1-51(2)43-24-21-30(26-41(43)39-23-19-29-25-42-32-11-7-9-17-44(32)52-45(42)28-40(29)50(39)51)48-35-13-3-5-15-37(35)49(38-16-6-4-14-36(38)48)31-20-22-34-33-12-8-10-18-46(33)53-47(34)27-31/h3-28H,1-2H3. The van der Waals surface area contributed by atoms with Gasteiger partial charge in [0.05, 0.1) is 0 Å². The van der Waals surface area contributed by atoms with E-state index in [-0.39, 0.29) is 5.41 Å². The highest BCUT2D eigenvalue weighted by molar-refractivity contribution is 7.25. The lowest BCUT2D eigenvalue weighted by Gasteiger charge is -2.23. The van der Waals surface area contributed by atoms with Crippen molar-refractivity contribution >= 4 is 85.8 Å². The van der Waals surface area contributed by atoms with E-state index in [1.54, 1.807) is 0 Å². The van der Waals surface area contributed by atoms with E-state index in [1.165, 1.54) is 108 Å². The molecule has 53 heavy (non-hydrogen) atoms. The fourth-order valence-electron chi connectivity index (χ4n) is 9.68. The van der Waals surface area contributed by atoms with Crippen molar-refractivity contribution in [2.75, 3.05) is 0 Å². The van der Waals surface area contributed by atoms with Crippen LogP contribution >= 0.6 is 11.3 Å². The molecular weight excluding hydrogens is 661 g/mol. The van der Waals surface area contributed by atoms with Gasteiger partial charge in [-0.25, -0.2) is 0 Å². The van der Waals surface area contributed by atoms with Crippen molar-refractivity contribution < 1.29 is 4.42 Å². The molecule has 0 saturated carbocycles. The van der Waals surface area contributed by atoms with Crippen molar-refractivity contribution in [3.63, 3.8) is 0 Å². The molecule has 0 atom stereocenters. The normalized spacial score (nSPS) is 13.6. The van der Waals surface area contributed by atoms with Crippen LogP contribution in [0.15, 0.2) is 162 Å². The van der Waals surface area contributed by atoms with E-state index in [0.29, 0.717) is 0 Å². The SMILES string of the molecule is CC1(C)c2ccc(-c3c4ccccc4c(-c4ccc5c(c4)sc4ccccc45)c4ccccc34)cc2-c2ccc3cc4c(cc3c21)oc1ccccc14. The molecule has 1 aliphatic rings. The summed E-state index contributed by atoms with van der Waals surface area (Å²) >= 11 is 1.88. The van der Waals surface area contributed by atoms with Gasteiger partial charge in [0.2, 0.25) is 0 Å². The van der Waals surface area contributed by atoms with Crippen LogP contribution in [0.2, 0.25) is 0 Å². The Morgan fingerprint density at radius 3 is 1.75 bits per heavy atom. The van der Waals surface area contributed by atoms with Crippen molar-refractivity contribution in [2.24, 2.45) is 0 Å². The molecule has 0 spiro atoms. The zero-order valence-electron chi connectivity index (χ0n) is 29.3. The minimum atomic E-state index is -0.165. The van der Waals surface area contributed by atoms with Gasteiger partial charge in [-0.15, -0.1) is 11.3 Å². The molecule has 2 heterocycles. The largest absolute Gasteiger partial charge is 0.456 e. The van der Waals surface area contributed by atoms with Gasteiger partial charge in [-0.2, -0.15) is 0 Å². The van der Waals surface area contributed by atoms with Crippen LogP contribution in [0.5, 0.6) is 0 Å². The second kappa shape index (κ2) is 10.4. The predicted molar refractivity (Wildman–Crippen MR) is 228 cm³/mol. The van der Waals surface area contributed by atoms with Crippen LogP contribution in [0, 0.1) is 0 Å². The lowest BCUT2D eigenvalue weighted by atomic mass is 9.79. The maximum Gasteiger partial charge on any atom is 0.136 e. The first-order chi connectivity index (χ1) is 26.0. The predicted octanol–water partition coefficient (Wildman–Crippen LogP) is 15.1. The molecule has 0 aliphatic heterocycles. The second-order valence-electron chi connectivity index (χ2n) is 15.2. The molecule has 11 aromatic rings. The summed E-state index contributed by atoms with van der Waals surface area (Å²) in [6.07, 6.45) is 0. The molecule has 2 heteroatoms. The van der Waals surface area contributed by atoms with Gasteiger partial charge in [-0.1, -0.05) is 135 Å². The number of benzene rings is 9. The van der Waals surface area contributed by atoms with Crippen LogP contribution in [0.25, 0.3) is 108 Å². The number of para-hydroxylation sites is 1. The molecule has 248 valence electrons. The Balaban J connectivity index is 1.09. The lowest BCUT2D eigenvalue weighted by molar-refractivity contribution is 0.663. The number of furan rings is 1. The minimum absolute atomic E-state index is 0.165. The Labute approximate surface area is 310 Å². The smallest absolute Gasteiger partial charge is 0.136 e. The maximum atomic E-state index is 6.40. The van der Waals surface area contributed by atoms with Gasteiger partial charge in [-0.05, 0) is 113 Å². The summed E-state index contributed by atoms with van der Waals surface area (Å²) in [7, 11) is 0. The van der Waals surface area contributed by atoms with Gasteiger partial charge in [0.15, 0.2) is 0 Å². The van der Waals surface area contributed by atoms with E-state index in [9.17, 15) is 0 Å². The highest BCUT2D eigenvalue weighted by Crippen LogP contribution is 2.54. The molecule has 12 rings (SSSR count). The molecule has 0 saturated heterocycles. The van der Waals surface area contributed by atoms with Crippen molar-refractivity contribution in [3.05, 3.63) is 169 Å². The molecule has 0 unspecified atom stereocenters. The van der Waals surface area contributed by atoms with Gasteiger partial charge in [-0.3, -0.25) is 0 Å². The summed E-state index contributed by atoms with van der Waals surface area (Å²) in [5.74, 6) is 0. The minimum Gasteiger partial charge on any atom is -0.456 e. The quantitative estimate of drug-likeness (QED) is 0.164.